The molecule has 0 aliphatic heterocycles. The van der Waals surface area contributed by atoms with Gasteiger partial charge < -0.3 is 0 Å². The summed E-state index contributed by atoms with van der Waals surface area (Å²) in [5, 5.41) is 4.69. The molecule has 1 aliphatic carbocycles. The third-order valence-electron chi connectivity index (χ3n) is 3.25. The van der Waals surface area contributed by atoms with Crippen molar-refractivity contribution < 1.29 is 13.2 Å². The van der Waals surface area contributed by atoms with Gasteiger partial charge in [0.25, 0.3) is 11.6 Å². The van der Waals surface area contributed by atoms with Crippen LogP contribution in [0.25, 0.3) is 5.78 Å². The largest absolute Gasteiger partial charge is 0.453 e. The lowest BCUT2D eigenvalue weighted by atomic mass is 10.4. The van der Waals surface area contributed by atoms with Crippen LogP contribution < -0.4 is 0 Å². The van der Waals surface area contributed by atoms with Gasteiger partial charge in [0.15, 0.2) is 0 Å². The Morgan fingerprint density at radius 1 is 1.25 bits per heavy atom. The standard InChI is InChI=1S/C12H13F3N4S/c1-7-6-9(20-8-4-2-3-5-8)19-11(16-7)17-10(18-19)12(13,14)15/h6,8H,2-5H2,1H3. The second-order valence-electron chi connectivity index (χ2n) is 4.91. The summed E-state index contributed by atoms with van der Waals surface area (Å²) in [6.45, 7) is 1.75. The molecule has 0 radical (unpaired) electrons. The summed E-state index contributed by atoms with van der Waals surface area (Å²) in [7, 11) is 0. The lowest BCUT2D eigenvalue weighted by Gasteiger charge is -2.09. The van der Waals surface area contributed by atoms with E-state index in [1.54, 1.807) is 24.8 Å². The van der Waals surface area contributed by atoms with Crippen molar-refractivity contribution in [1.82, 2.24) is 19.6 Å². The maximum atomic E-state index is 12.7. The minimum atomic E-state index is -4.54. The topological polar surface area (TPSA) is 43.1 Å². The first-order chi connectivity index (χ1) is 9.43. The number of aromatic nitrogens is 4. The molecule has 8 heteroatoms. The van der Waals surface area contributed by atoms with Crippen LogP contribution in [-0.4, -0.2) is 24.8 Å². The maximum absolute atomic E-state index is 12.7. The highest BCUT2D eigenvalue weighted by Gasteiger charge is 2.37. The molecule has 0 saturated heterocycles. The quantitative estimate of drug-likeness (QED) is 0.797. The zero-order chi connectivity index (χ0) is 14.3. The molecule has 3 rings (SSSR count). The number of hydrogen-bond acceptors (Lipinski definition) is 4. The van der Waals surface area contributed by atoms with Gasteiger partial charge in [0, 0.05) is 10.9 Å². The Morgan fingerprint density at radius 3 is 2.60 bits per heavy atom. The number of halogens is 3. The van der Waals surface area contributed by atoms with E-state index in [2.05, 4.69) is 15.1 Å². The van der Waals surface area contributed by atoms with Crippen molar-refractivity contribution in [3.63, 3.8) is 0 Å². The molecule has 0 N–H and O–H groups in total. The molecule has 0 amide bonds. The fraction of sp³-hybridized carbons (Fsp3) is 0.583. The van der Waals surface area contributed by atoms with Crippen LogP contribution in [0.5, 0.6) is 0 Å². The van der Waals surface area contributed by atoms with Crippen molar-refractivity contribution in [2.75, 3.05) is 0 Å². The molecule has 0 aromatic carbocycles. The predicted molar refractivity (Wildman–Crippen MR) is 68.6 cm³/mol. The van der Waals surface area contributed by atoms with E-state index in [0.29, 0.717) is 16.0 Å². The van der Waals surface area contributed by atoms with E-state index < -0.39 is 12.0 Å². The fourth-order valence-corrected chi connectivity index (χ4v) is 3.71. The second kappa shape index (κ2) is 4.91. The predicted octanol–water partition coefficient (Wildman–Crippen LogP) is 3.49. The summed E-state index contributed by atoms with van der Waals surface area (Å²) < 4.78 is 39.3. The summed E-state index contributed by atoms with van der Waals surface area (Å²) >= 11 is 1.57. The van der Waals surface area contributed by atoms with Gasteiger partial charge in [-0.2, -0.15) is 22.7 Å². The fourth-order valence-electron chi connectivity index (χ4n) is 2.33. The second-order valence-corrected chi connectivity index (χ2v) is 6.23. The van der Waals surface area contributed by atoms with Gasteiger partial charge in [-0.1, -0.05) is 12.8 Å². The maximum Gasteiger partial charge on any atom is 0.453 e. The van der Waals surface area contributed by atoms with Gasteiger partial charge in [0.05, 0.1) is 0 Å². The van der Waals surface area contributed by atoms with Gasteiger partial charge in [0.2, 0.25) is 0 Å². The molecule has 2 heterocycles. The van der Waals surface area contributed by atoms with E-state index in [4.69, 9.17) is 0 Å². The van der Waals surface area contributed by atoms with Crippen LogP contribution in [0.15, 0.2) is 11.1 Å². The molecule has 0 spiro atoms. The van der Waals surface area contributed by atoms with Gasteiger partial charge in [0.1, 0.15) is 5.03 Å². The van der Waals surface area contributed by atoms with Crippen LogP contribution >= 0.6 is 11.8 Å². The van der Waals surface area contributed by atoms with Crippen LogP contribution in [-0.2, 0) is 6.18 Å². The van der Waals surface area contributed by atoms with E-state index in [1.807, 2.05) is 0 Å². The highest BCUT2D eigenvalue weighted by atomic mass is 32.2. The number of thioether (sulfide) groups is 1. The number of hydrogen-bond donors (Lipinski definition) is 0. The molecule has 2 aromatic heterocycles. The Hall–Kier alpha value is -1.31. The zero-order valence-corrected chi connectivity index (χ0v) is 11.6. The normalized spacial score (nSPS) is 17.2. The molecule has 4 nitrogen and oxygen atoms in total. The van der Waals surface area contributed by atoms with Crippen molar-refractivity contribution in [2.45, 2.75) is 49.1 Å². The first-order valence-corrected chi connectivity index (χ1v) is 7.30. The van der Waals surface area contributed by atoms with Crippen LogP contribution in [0.3, 0.4) is 0 Å². The van der Waals surface area contributed by atoms with Crippen LogP contribution in [0.2, 0.25) is 0 Å². The third-order valence-corrected chi connectivity index (χ3v) is 4.59. The minimum Gasteiger partial charge on any atom is -0.216 e. The summed E-state index contributed by atoms with van der Waals surface area (Å²) in [4.78, 5) is 7.50. The molecule has 1 aliphatic rings. The summed E-state index contributed by atoms with van der Waals surface area (Å²) in [5.74, 6) is -1.12. The Bertz CT molecular complexity index is 631. The first-order valence-electron chi connectivity index (χ1n) is 6.42. The average Bonchev–Trinajstić information content (AvgIpc) is 2.95. The number of alkyl halides is 3. The Balaban J connectivity index is 2.03. The summed E-state index contributed by atoms with van der Waals surface area (Å²) in [5.41, 5.74) is 0.652. The minimum absolute atomic E-state index is 0.0119. The smallest absolute Gasteiger partial charge is 0.216 e. The number of nitrogens with zero attached hydrogens (tertiary/aromatic N) is 4. The lowest BCUT2D eigenvalue weighted by molar-refractivity contribution is -0.144. The monoisotopic (exact) mass is 302 g/mol. The van der Waals surface area contributed by atoms with Crippen molar-refractivity contribution >= 4 is 17.5 Å². The SMILES string of the molecule is Cc1cc(SC2CCCC2)n2nc(C(F)(F)F)nc2n1. The molecule has 108 valence electrons. The molecular formula is C12H13F3N4S. The van der Waals surface area contributed by atoms with Gasteiger partial charge >= 0.3 is 6.18 Å². The van der Waals surface area contributed by atoms with Crippen molar-refractivity contribution in [2.24, 2.45) is 0 Å². The van der Waals surface area contributed by atoms with Crippen LogP contribution in [0.1, 0.15) is 37.2 Å². The van der Waals surface area contributed by atoms with Crippen LogP contribution in [0.4, 0.5) is 13.2 Å². The zero-order valence-electron chi connectivity index (χ0n) is 10.8. The van der Waals surface area contributed by atoms with Crippen molar-refractivity contribution in [3.05, 3.63) is 17.6 Å². The van der Waals surface area contributed by atoms with E-state index in [-0.39, 0.29) is 5.78 Å². The van der Waals surface area contributed by atoms with Gasteiger partial charge in [-0.05, 0) is 25.8 Å². The van der Waals surface area contributed by atoms with E-state index in [0.717, 1.165) is 12.8 Å². The van der Waals surface area contributed by atoms with E-state index >= 15 is 0 Å². The average molecular weight is 302 g/mol. The van der Waals surface area contributed by atoms with Gasteiger partial charge in [-0.25, -0.2) is 4.98 Å². The first kappa shape index (κ1) is 13.7. The molecule has 1 saturated carbocycles. The molecule has 0 unspecified atom stereocenters. The Kier molecular flexibility index (Phi) is 3.35. The summed E-state index contributed by atoms with van der Waals surface area (Å²) in [6, 6.07) is 1.77. The molecule has 2 aromatic rings. The van der Waals surface area contributed by atoms with E-state index in [1.165, 1.54) is 17.4 Å². The van der Waals surface area contributed by atoms with E-state index in [9.17, 15) is 13.2 Å². The Labute approximate surface area is 117 Å². The Morgan fingerprint density at radius 2 is 1.95 bits per heavy atom. The number of rotatable bonds is 2. The highest BCUT2D eigenvalue weighted by molar-refractivity contribution is 7.99. The molecule has 1 fully saturated rings. The third kappa shape index (κ3) is 2.61. The lowest BCUT2D eigenvalue weighted by Crippen LogP contribution is -2.08. The summed E-state index contributed by atoms with van der Waals surface area (Å²) in [6.07, 6.45) is -0.00826. The van der Waals surface area contributed by atoms with Gasteiger partial charge in [-0.3, -0.25) is 0 Å². The highest BCUT2D eigenvalue weighted by Crippen LogP contribution is 2.35. The molecular weight excluding hydrogens is 289 g/mol. The van der Waals surface area contributed by atoms with Crippen molar-refractivity contribution in [3.8, 4) is 0 Å². The molecule has 20 heavy (non-hydrogen) atoms. The molecule has 0 bridgehead atoms. The van der Waals surface area contributed by atoms with Crippen LogP contribution in [0, 0.1) is 6.92 Å². The van der Waals surface area contributed by atoms with Gasteiger partial charge in [-0.15, -0.1) is 16.9 Å². The van der Waals surface area contributed by atoms with Crippen molar-refractivity contribution in [1.29, 1.82) is 0 Å². The number of aryl methyl sites for hydroxylation is 1. The number of fused-ring (bicyclic) bond motifs is 1. The molecule has 0 atom stereocenters.